The van der Waals surface area contributed by atoms with Gasteiger partial charge in [-0.05, 0) is 17.7 Å². The summed E-state index contributed by atoms with van der Waals surface area (Å²) in [6.45, 7) is 5.06. The highest BCUT2D eigenvalue weighted by Gasteiger charge is 2.09. The summed E-state index contributed by atoms with van der Waals surface area (Å²) in [5, 5.41) is 0. The largest absolute Gasteiger partial charge is 0.492 e. The van der Waals surface area contributed by atoms with Gasteiger partial charge in [0.25, 0.3) is 0 Å². The molecule has 1 fully saturated rings. The minimum absolute atomic E-state index is 0.251. The van der Waals surface area contributed by atoms with E-state index in [1.165, 1.54) is 0 Å². The zero-order valence-electron chi connectivity index (χ0n) is 11.0. The van der Waals surface area contributed by atoms with E-state index >= 15 is 0 Å². The number of amides is 1. The summed E-state index contributed by atoms with van der Waals surface area (Å²) in [6, 6.07) is 7.51. The van der Waals surface area contributed by atoms with E-state index in [1.807, 2.05) is 24.3 Å². The van der Waals surface area contributed by atoms with Crippen LogP contribution in [0.2, 0.25) is 0 Å². The molecular weight excluding hydrogens is 244 g/mol. The standard InChI is InChI=1S/C14H20N2O3/c15-14(17)11-12-2-1-3-13(10-12)19-9-6-16-4-7-18-8-5-16/h1-3,10H,4-9,11H2,(H2,15,17). The van der Waals surface area contributed by atoms with Crippen LogP contribution in [-0.2, 0) is 16.0 Å². The van der Waals surface area contributed by atoms with Gasteiger partial charge in [0.1, 0.15) is 12.4 Å². The zero-order chi connectivity index (χ0) is 13.5. The molecule has 1 aromatic carbocycles. The molecule has 0 bridgehead atoms. The Morgan fingerprint density at radius 3 is 2.89 bits per heavy atom. The van der Waals surface area contributed by atoms with E-state index in [-0.39, 0.29) is 12.3 Å². The van der Waals surface area contributed by atoms with Gasteiger partial charge in [-0.1, -0.05) is 12.1 Å². The number of benzene rings is 1. The van der Waals surface area contributed by atoms with Crippen molar-refractivity contribution in [3.8, 4) is 5.75 Å². The summed E-state index contributed by atoms with van der Waals surface area (Å²) < 4.78 is 11.0. The van der Waals surface area contributed by atoms with Crippen LogP contribution in [0.15, 0.2) is 24.3 Å². The number of ether oxygens (including phenoxy) is 2. The SMILES string of the molecule is NC(=O)Cc1cccc(OCCN2CCOCC2)c1. The molecule has 2 rings (SSSR count). The number of nitrogens with zero attached hydrogens (tertiary/aromatic N) is 1. The van der Waals surface area contributed by atoms with E-state index in [9.17, 15) is 4.79 Å². The van der Waals surface area contributed by atoms with Crippen LogP contribution in [0.3, 0.4) is 0 Å². The molecule has 1 aliphatic rings. The monoisotopic (exact) mass is 264 g/mol. The molecule has 0 atom stereocenters. The summed E-state index contributed by atoms with van der Waals surface area (Å²) >= 11 is 0. The Morgan fingerprint density at radius 1 is 1.37 bits per heavy atom. The van der Waals surface area contributed by atoms with Crippen molar-refractivity contribution in [1.29, 1.82) is 0 Å². The maximum absolute atomic E-state index is 10.9. The third-order valence-electron chi connectivity index (χ3n) is 3.06. The third-order valence-corrected chi connectivity index (χ3v) is 3.06. The van der Waals surface area contributed by atoms with E-state index in [1.54, 1.807) is 0 Å². The zero-order valence-corrected chi connectivity index (χ0v) is 11.0. The van der Waals surface area contributed by atoms with Crippen LogP contribution in [0, 0.1) is 0 Å². The van der Waals surface area contributed by atoms with Gasteiger partial charge in [0, 0.05) is 19.6 Å². The summed E-state index contributed by atoms with van der Waals surface area (Å²) in [4.78, 5) is 13.2. The van der Waals surface area contributed by atoms with Gasteiger partial charge in [-0.2, -0.15) is 0 Å². The summed E-state index contributed by atoms with van der Waals surface area (Å²) in [6.07, 6.45) is 0.251. The molecule has 5 heteroatoms. The first-order valence-corrected chi connectivity index (χ1v) is 6.54. The van der Waals surface area contributed by atoms with Crippen LogP contribution in [0.5, 0.6) is 5.75 Å². The highest BCUT2D eigenvalue weighted by Crippen LogP contribution is 2.13. The first-order chi connectivity index (χ1) is 9.24. The van der Waals surface area contributed by atoms with Gasteiger partial charge < -0.3 is 15.2 Å². The molecule has 1 aromatic rings. The van der Waals surface area contributed by atoms with E-state index in [2.05, 4.69) is 4.90 Å². The minimum Gasteiger partial charge on any atom is -0.492 e. The molecule has 2 N–H and O–H groups in total. The molecule has 1 amide bonds. The Morgan fingerprint density at radius 2 is 2.16 bits per heavy atom. The predicted molar refractivity (Wildman–Crippen MR) is 72.1 cm³/mol. The number of carbonyl (C=O) groups is 1. The van der Waals surface area contributed by atoms with E-state index in [0.717, 1.165) is 44.2 Å². The smallest absolute Gasteiger partial charge is 0.221 e. The fourth-order valence-corrected chi connectivity index (χ4v) is 2.06. The van der Waals surface area contributed by atoms with Gasteiger partial charge in [-0.15, -0.1) is 0 Å². The quantitative estimate of drug-likeness (QED) is 0.809. The van der Waals surface area contributed by atoms with Crippen molar-refractivity contribution in [3.05, 3.63) is 29.8 Å². The second kappa shape index (κ2) is 7.11. The number of nitrogens with two attached hydrogens (primary N) is 1. The fraction of sp³-hybridized carbons (Fsp3) is 0.500. The minimum atomic E-state index is -0.328. The number of morpholine rings is 1. The van der Waals surface area contributed by atoms with Crippen molar-refractivity contribution < 1.29 is 14.3 Å². The molecule has 1 saturated heterocycles. The maximum atomic E-state index is 10.9. The first-order valence-electron chi connectivity index (χ1n) is 6.54. The number of hydrogen-bond donors (Lipinski definition) is 1. The van der Waals surface area contributed by atoms with Crippen molar-refractivity contribution in [3.63, 3.8) is 0 Å². The van der Waals surface area contributed by atoms with Crippen LogP contribution < -0.4 is 10.5 Å². The fourth-order valence-electron chi connectivity index (χ4n) is 2.06. The lowest BCUT2D eigenvalue weighted by Crippen LogP contribution is -2.38. The van der Waals surface area contributed by atoms with Gasteiger partial charge in [0.15, 0.2) is 0 Å². The van der Waals surface area contributed by atoms with Crippen molar-refractivity contribution in [2.45, 2.75) is 6.42 Å². The van der Waals surface area contributed by atoms with Crippen LogP contribution in [0.4, 0.5) is 0 Å². The van der Waals surface area contributed by atoms with E-state index in [0.29, 0.717) is 6.61 Å². The van der Waals surface area contributed by atoms with Gasteiger partial charge in [0.2, 0.25) is 5.91 Å². The van der Waals surface area contributed by atoms with Crippen LogP contribution in [0.25, 0.3) is 0 Å². The maximum Gasteiger partial charge on any atom is 0.221 e. The second-order valence-corrected chi connectivity index (χ2v) is 4.59. The Balaban J connectivity index is 1.77. The van der Waals surface area contributed by atoms with E-state index in [4.69, 9.17) is 15.2 Å². The average molecular weight is 264 g/mol. The lowest BCUT2D eigenvalue weighted by molar-refractivity contribution is -0.117. The molecule has 0 saturated carbocycles. The molecule has 0 aliphatic carbocycles. The average Bonchev–Trinajstić information content (AvgIpc) is 2.40. The molecule has 19 heavy (non-hydrogen) atoms. The summed E-state index contributed by atoms with van der Waals surface area (Å²) in [5.74, 6) is 0.456. The molecule has 1 aliphatic heterocycles. The molecule has 0 unspecified atom stereocenters. The Bertz CT molecular complexity index is 417. The molecule has 5 nitrogen and oxygen atoms in total. The normalized spacial score (nSPS) is 16.2. The van der Waals surface area contributed by atoms with Gasteiger partial charge in [-0.3, -0.25) is 9.69 Å². The molecule has 0 spiro atoms. The molecule has 1 heterocycles. The number of rotatable bonds is 6. The molecular formula is C14H20N2O3. The van der Waals surface area contributed by atoms with Gasteiger partial charge in [0.05, 0.1) is 19.6 Å². The molecule has 0 radical (unpaired) electrons. The topological polar surface area (TPSA) is 64.8 Å². The van der Waals surface area contributed by atoms with Crippen LogP contribution in [-0.4, -0.2) is 50.3 Å². The number of primary amides is 1. The lowest BCUT2D eigenvalue weighted by Gasteiger charge is -2.26. The summed E-state index contributed by atoms with van der Waals surface area (Å²) in [7, 11) is 0. The molecule has 0 aromatic heterocycles. The van der Waals surface area contributed by atoms with Gasteiger partial charge >= 0.3 is 0 Å². The highest BCUT2D eigenvalue weighted by atomic mass is 16.5. The first kappa shape index (κ1) is 13.8. The third kappa shape index (κ3) is 4.89. The van der Waals surface area contributed by atoms with Crippen molar-refractivity contribution in [2.24, 2.45) is 5.73 Å². The number of carbonyl (C=O) groups excluding carboxylic acids is 1. The number of hydrogen-bond acceptors (Lipinski definition) is 4. The van der Waals surface area contributed by atoms with E-state index < -0.39 is 0 Å². The highest BCUT2D eigenvalue weighted by molar-refractivity contribution is 5.76. The van der Waals surface area contributed by atoms with Crippen molar-refractivity contribution >= 4 is 5.91 Å². The van der Waals surface area contributed by atoms with Crippen LogP contribution in [0.1, 0.15) is 5.56 Å². The summed E-state index contributed by atoms with van der Waals surface area (Å²) in [5.41, 5.74) is 6.06. The predicted octanol–water partition coefficient (Wildman–Crippen LogP) is 0.425. The second-order valence-electron chi connectivity index (χ2n) is 4.59. The Kier molecular flexibility index (Phi) is 5.18. The lowest BCUT2D eigenvalue weighted by atomic mass is 10.1. The van der Waals surface area contributed by atoms with Crippen molar-refractivity contribution in [1.82, 2.24) is 4.90 Å². The van der Waals surface area contributed by atoms with Gasteiger partial charge in [-0.25, -0.2) is 0 Å². The molecule has 104 valence electrons. The Labute approximate surface area is 113 Å². The van der Waals surface area contributed by atoms with Crippen LogP contribution >= 0.6 is 0 Å². The van der Waals surface area contributed by atoms with Crippen molar-refractivity contribution in [2.75, 3.05) is 39.5 Å². The Hall–Kier alpha value is -1.59.